The van der Waals surface area contributed by atoms with E-state index >= 15 is 0 Å². The third-order valence-electron chi connectivity index (χ3n) is 7.55. The number of hydrogen-bond acceptors (Lipinski definition) is 6. The molecule has 3 aromatic rings. The molecule has 2 aromatic heterocycles. The number of piperidine rings is 1. The summed E-state index contributed by atoms with van der Waals surface area (Å²) in [6.07, 6.45) is 8.05. The number of amides is 1. The molecule has 3 heterocycles. The van der Waals surface area contributed by atoms with Crippen LogP contribution in [0.15, 0.2) is 47.2 Å². The lowest BCUT2D eigenvalue weighted by Crippen LogP contribution is -2.47. The fourth-order valence-corrected chi connectivity index (χ4v) is 5.44. The van der Waals surface area contributed by atoms with Crippen LogP contribution in [0.4, 0.5) is 0 Å². The van der Waals surface area contributed by atoms with Crippen molar-refractivity contribution in [1.29, 1.82) is 0 Å². The highest BCUT2D eigenvalue weighted by Gasteiger charge is 2.45. The van der Waals surface area contributed by atoms with E-state index in [0.717, 1.165) is 36.5 Å². The van der Waals surface area contributed by atoms with Gasteiger partial charge in [0.2, 0.25) is 5.91 Å². The Morgan fingerprint density at radius 3 is 2.72 bits per heavy atom. The van der Waals surface area contributed by atoms with Gasteiger partial charge >= 0.3 is 0 Å². The van der Waals surface area contributed by atoms with Crippen LogP contribution in [0.3, 0.4) is 0 Å². The van der Waals surface area contributed by atoms with Crippen molar-refractivity contribution in [2.45, 2.75) is 51.7 Å². The summed E-state index contributed by atoms with van der Waals surface area (Å²) in [4.78, 5) is 17.6. The number of primary amides is 1. The predicted octanol–water partition coefficient (Wildman–Crippen LogP) is 3.36. The van der Waals surface area contributed by atoms with E-state index in [1.807, 2.05) is 41.1 Å². The van der Waals surface area contributed by atoms with E-state index in [0.29, 0.717) is 35.9 Å². The van der Waals surface area contributed by atoms with Crippen LogP contribution in [-0.2, 0) is 11.3 Å². The SMILES string of the molecule is C[C@H](O)c1nccn1Cc1cc(-c2ccc(C#CC3CC4(CCN(CCC(N)=O)CC4)C3)cc2)on1. The Hall–Kier alpha value is -3.41. The molecule has 1 amide bonds. The van der Waals surface area contributed by atoms with Crippen LogP contribution >= 0.6 is 0 Å². The van der Waals surface area contributed by atoms with Gasteiger partial charge in [-0.3, -0.25) is 4.79 Å². The number of aromatic nitrogens is 3. The highest BCUT2D eigenvalue weighted by Crippen LogP contribution is 2.52. The Kier molecular flexibility index (Phi) is 6.95. The molecule has 1 aliphatic heterocycles. The van der Waals surface area contributed by atoms with Gasteiger partial charge in [-0.15, -0.1) is 0 Å². The molecule has 0 unspecified atom stereocenters. The monoisotopic (exact) mass is 487 g/mol. The van der Waals surface area contributed by atoms with Gasteiger partial charge in [-0.1, -0.05) is 17.0 Å². The Morgan fingerprint density at radius 1 is 1.28 bits per heavy atom. The first-order valence-corrected chi connectivity index (χ1v) is 12.7. The number of aliphatic hydroxyl groups excluding tert-OH is 1. The Morgan fingerprint density at radius 2 is 2.03 bits per heavy atom. The number of nitrogens with zero attached hydrogens (tertiary/aromatic N) is 4. The van der Waals surface area contributed by atoms with Crippen LogP contribution in [-0.4, -0.2) is 50.3 Å². The molecule has 0 bridgehead atoms. The average molecular weight is 488 g/mol. The van der Waals surface area contributed by atoms with Crippen molar-refractivity contribution in [1.82, 2.24) is 19.6 Å². The molecule has 1 saturated heterocycles. The number of imidazole rings is 1. The van der Waals surface area contributed by atoms with E-state index in [1.54, 1.807) is 13.1 Å². The van der Waals surface area contributed by atoms with Gasteiger partial charge in [-0.2, -0.15) is 0 Å². The highest BCUT2D eigenvalue weighted by molar-refractivity contribution is 5.73. The van der Waals surface area contributed by atoms with Gasteiger partial charge in [0.25, 0.3) is 0 Å². The zero-order chi connectivity index (χ0) is 25.1. The second kappa shape index (κ2) is 10.3. The van der Waals surface area contributed by atoms with E-state index in [2.05, 4.69) is 26.9 Å². The number of nitrogens with two attached hydrogens (primary N) is 1. The number of carbonyl (C=O) groups is 1. The van der Waals surface area contributed by atoms with Gasteiger partial charge in [0, 0.05) is 48.5 Å². The number of rotatable bonds is 7. The molecule has 2 aliphatic rings. The zero-order valence-corrected chi connectivity index (χ0v) is 20.7. The van der Waals surface area contributed by atoms with Crippen LogP contribution in [0.1, 0.15) is 62.2 Å². The van der Waals surface area contributed by atoms with E-state index in [1.165, 1.54) is 25.7 Å². The molecule has 2 fully saturated rings. The molecule has 5 rings (SSSR count). The molecule has 8 heteroatoms. The highest BCUT2D eigenvalue weighted by atomic mass is 16.5. The maximum Gasteiger partial charge on any atom is 0.218 e. The minimum Gasteiger partial charge on any atom is -0.385 e. The van der Waals surface area contributed by atoms with Crippen LogP contribution in [0.25, 0.3) is 11.3 Å². The van der Waals surface area contributed by atoms with Crippen molar-refractivity contribution in [2.24, 2.45) is 17.1 Å². The average Bonchev–Trinajstić information content (AvgIpc) is 3.51. The number of benzene rings is 1. The number of hydrogen-bond donors (Lipinski definition) is 2. The molecule has 1 aliphatic carbocycles. The van der Waals surface area contributed by atoms with Crippen molar-refractivity contribution in [3.63, 3.8) is 0 Å². The van der Waals surface area contributed by atoms with Gasteiger partial charge in [0.15, 0.2) is 5.76 Å². The van der Waals surface area contributed by atoms with Gasteiger partial charge in [0.1, 0.15) is 17.6 Å². The minimum atomic E-state index is -0.641. The molecule has 188 valence electrons. The van der Waals surface area contributed by atoms with Crippen molar-refractivity contribution in [3.05, 3.63) is 59.8 Å². The van der Waals surface area contributed by atoms with Gasteiger partial charge in [0.05, 0.1) is 6.54 Å². The third kappa shape index (κ3) is 5.53. The lowest BCUT2D eigenvalue weighted by molar-refractivity contribution is -0.118. The smallest absolute Gasteiger partial charge is 0.218 e. The molecular formula is C28H33N5O3. The molecule has 1 saturated carbocycles. The van der Waals surface area contributed by atoms with Gasteiger partial charge in [-0.25, -0.2) is 4.98 Å². The molecule has 3 N–H and O–H groups in total. The summed E-state index contributed by atoms with van der Waals surface area (Å²) in [5.74, 6) is 8.37. The molecule has 8 nitrogen and oxygen atoms in total. The molecule has 0 radical (unpaired) electrons. The van der Waals surface area contributed by atoms with Crippen molar-refractivity contribution in [2.75, 3.05) is 19.6 Å². The van der Waals surface area contributed by atoms with Crippen LogP contribution in [0.2, 0.25) is 0 Å². The van der Waals surface area contributed by atoms with Crippen LogP contribution in [0.5, 0.6) is 0 Å². The molecule has 1 aromatic carbocycles. The number of carbonyl (C=O) groups excluding carboxylic acids is 1. The summed E-state index contributed by atoms with van der Waals surface area (Å²) in [7, 11) is 0. The minimum absolute atomic E-state index is 0.217. The van der Waals surface area contributed by atoms with E-state index in [-0.39, 0.29) is 5.91 Å². The fourth-order valence-electron chi connectivity index (χ4n) is 5.44. The Balaban J connectivity index is 1.12. The largest absolute Gasteiger partial charge is 0.385 e. The molecule has 36 heavy (non-hydrogen) atoms. The summed E-state index contributed by atoms with van der Waals surface area (Å²) < 4.78 is 7.42. The lowest BCUT2D eigenvalue weighted by Gasteiger charge is -2.51. The third-order valence-corrected chi connectivity index (χ3v) is 7.55. The summed E-state index contributed by atoms with van der Waals surface area (Å²) in [5.41, 5.74) is 8.44. The van der Waals surface area contributed by atoms with E-state index in [9.17, 15) is 9.90 Å². The second-order valence-electron chi connectivity index (χ2n) is 10.3. The summed E-state index contributed by atoms with van der Waals surface area (Å²) in [6, 6.07) is 9.99. The zero-order valence-electron chi connectivity index (χ0n) is 20.7. The van der Waals surface area contributed by atoms with Crippen molar-refractivity contribution >= 4 is 5.91 Å². The fraction of sp³-hybridized carbons (Fsp3) is 0.464. The van der Waals surface area contributed by atoms with Crippen LogP contribution in [0, 0.1) is 23.2 Å². The Labute approximate surface area is 211 Å². The number of aliphatic hydroxyl groups is 1. The maximum absolute atomic E-state index is 11.0. The molecular weight excluding hydrogens is 454 g/mol. The first kappa shape index (κ1) is 24.3. The van der Waals surface area contributed by atoms with Crippen LogP contribution < -0.4 is 5.73 Å². The van der Waals surface area contributed by atoms with E-state index < -0.39 is 6.10 Å². The van der Waals surface area contributed by atoms with E-state index in [4.69, 9.17) is 10.3 Å². The topological polar surface area (TPSA) is 110 Å². The molecule has 1 atom stereocenters. The quantitative estimate of drug-likeness (QED) is 0.495. The van der Waals surface area contributed by atoms with Gasteiger partial charge in [-0.05, 0) is 75.4 Å². The van der Waals surface area contributed by atoms with Crippen molar-refractivity contribution < 1.29 is 14.4 Å². The Bertz CT molecular complexity index is 1250. The molecule has 1 spiro atoms. The summed E-state index contributed by atoms with van der Waals surface area (Å²) >= 11 is 0. The summed E-state index contributed by atoms with van der Waals surface area (Å²) in [6.45, 7) is 5.08. The standard InChI is InChI=1S/C28H33N5O3/c1-20(34)27-30-11-15-33(27)19-24-16-25(36-31-24)23-6-4-21(5-7-23)2-3-22-17-28(18-22)9-13-32(14-10-28)12-8-26(29)35/h4-7,11,15-16,20,22,34H,8-10,12-14,17-19H2,1H3,(H2,29,35)/t20-/m0/s1. The lowest BCUT2D eigenvalue weighted by atomic mass is 9.58. The summed E-state index contributed by atoms with van der Waals surface area (Å²) in [5, 5.41) is 14.0. The maximum atomic E-state index is 11.0. The second-order valence-corrected chi connectivity index (χ2v) is 10.3. The predicted molar refractivity (Wildman–Crippen MR) is 135 cm³/mol. The van der Waals surface area contributed by atoms with Gasteiger partial charge < -0.3 is 24.8 Å². The first-order chi connectivity index (χ1) is 17.4. The normalized spacial score (nSPS) is 18.4. The first-order valence-electron chi connectivity index (χ1n) is 12.7. The number of likely N-dealkylation sites (tertiary alicyclic amines) is 1. The van der Waals surface area contributed by atoms with Crippen molar-refractivity contribution in [3.8, 4) is 23.2 Å².